The van der Waals surface area contributed by atoms with Gasteiger partial charge in [-0.1, -0.05) is 36.4 Å². The Morgan fingerprint density at radius 2 is 1.83 bits per heavy atom. The number of nitrogens with two attached hydrogens (primary N) is 1. The summed E-state index contributed by atoms with van der Waals surface area (Å²) < 4.78 is 40.2. The highest BCUT2D eigenvalue weighted by Gasteiger charge is 2.31. The number of carbonyl (C=O) groups excluding carboxylic acids is 2. The van der Waals surface area contributed by atoms with Crippen molar-refractivity contribution >= 4 is 11.8 Å². The van der Waals surface area contributed by atoms with Gasteiger partial charge >= 0.3 is 6.18 Å². The summed E-state index contributed by atoms with van der Waals surface area (Å²) in [6.07, 6.45) is -3.04. The van der Waals surface area contributed by atoms with Gasteiger partial charge in [0, 0.05) is 6.42 Å². The second kappa shape index (κ2) is 8.40. The van der Waals surface area contributed by atoms with Crippen LogP contribution in [0.3, 0.4) is 0 Å². The van der Waals surface area contributed by atoms with Gasteiger partial charge in [-0.25, -0.2) is 4.68 Å². The smallest absolute Gasteiger partial charge is 0.368 e. The summed E-state index contributed by atoms with van der Waals surface area (Å²) in [5.41, 5.74) is 6.04. The first-order valence-corrected chi connectivity index (χ1v) is 9.03. The van der Waals surface area contributed by atoms with Gasteiger partial charge in [0.25, 0.3) is 5.91 Å². The molecule has 2 aromatic carbocycles. The van der Waals surface area contributed by atoms with Gasteiger partial charge in [-0.2, -0.15) is 18.3 Å². The third-order valence-corrected chi connectivity index (χ3v) is 4.60. The van der Waals surface area contributed by atoms with E-state index < -0.39 is 29.6 Å². The maximum absolute atomic E-state index is 13.0. The third kappa shape index (κ3) is 4.68. The maximum atomic E-state index is 13.0. The molecule has 0 radical (unpaired) electrons. The molecule has 0 saturated carbocycles. The van der Waals surface area contributed by atoms with E-state index in [-0.39, 0.29) is 17.7 Å². The summed E-state index contributed by atoms with van der Waals surface area (Å²) in [6, 6.07) is 12.7. The third-order valence-electron chi connectivity index (χ3n) is 4.60. The molecule has 1 heterocycles. The average molecular weight is 416 g/mol. The van der Waals surface area contributed by atoms with E-state index in [0.717, 1.165) is 17.7 Å². The molecular formula is C21H19F3N4O2. The number of halogens is 3. The topological polar surface area (TPSA) is 90.0 Å². The zero-order chi connectivity index (χ0) is 21.9. The standard InChI is InChI=1S/C21H19F3N4O2/c1-13-17(12-26-28(13)16-9-5-8-15(11-16)21(22,23)24)20(30)27-18(19(25)29)10-14-6-3-2-4-7-14/h2-9,11-12,18H,10H2,1H3,(H2,25,29)(H,27,30). The highest BCUT2D eigenvalue weighted by Crippen LogP contribution is 2.30. The summed E-state index contributed by atoms with van der Waals surface area (Å²) >= 11 is 0. The molecule has 0 aliphatic heterocycles. The maximum Gasteiger partial charge on any atom is 0.416 e. The molecule has 6 nitrogen and oxygen atoms in total. The van der Waals surface area contributed by atoms with E-state index in [0.29, 0.717) is 5.69 Å². The molecule has 0 aliphatic rings. The van der Waals surface area contributed by atoms with Crippen molar-refractivity contribution in [3.05, 3.63) is 83.2 Å². The number of carbonyl (C=O) groups is 2. The molecule has 9 heteroatoms. The molecule has 0 fully saturated rings. The van der Waals surface area contributed by atoms with E-state index in [1.807, 2.05) is 6.07 Å². The molecule has 0 saturated heterocycles. The van der Waals surface area contributed by atoms with Crippen LogP contribution in [0.5, 0.6) is 0 Å². The fraction of sp³-hybridized carbons (Fsp3) is 0.190. The Hall–Kier alpha value is -3.62. The monoisotopic (exact) mass is 416 g/mol. The Morgan fingerprint density at radius 1 is 1.13 bits per heavy atom. The highest BCUT2D eigenvalue weighted by atomic mass is 19.4. The minimum atomic E-state index is -4.50. The van der Waals surface area contributed by atoms with Crippen LogP contribution >= 0.6 is 0 Å². The Bertz CT molecular complexity index is 1060. The number of nitrogens with one attached hydrogen (secondary N) is 1. The zero-order valence-corrected chi connectivity index (χ0v) is 16.0. The van der Waals surface area contributed by atoms with Crippen LogP contribution in [-0.4, -0.2) is 27.6 Å². The summed E-state index contributed by atoms with van der Waals surface area (Å²) in [7, 11) is 0. The molecule has 2 amide bonds. The molecule has 1 aromatic heterocycles. The van der Waals surface area contributed by atoms with Crippen LogP contribution in [0.15, 0.2) is 60.8 Å². The molecule has 0 spiro atoms. The van der Waals surface area contributed by atoms with Crippen molar-refractivity contribution < 1.29 is 22.8 Å². The molecular weight excluding hydrogens is 397 g/mol. The fourth-order valence-corrected chi connectivity index (χ4v) is 3.02. The summed E-state index contributed by atoms with van der Waals surface area (Å²) in [5, 5.41) is 6.61. The predicted octanol–water partition coefficient (Wildman–Crippen LogP) is 3.03. The number of benzene rings is 2. The minimum absolute atomic E-state index is 0.131. The minimum Gasteiger partial charge on any atom is -0.368 e. The molecule has 1 atom stereocenters. The molecule has 156 valence electrons. The molecule has 30 heavy (non-hydrogen) atoms. The molecule has 0 aliphatic carbocycles. The Kier molecular flexibility index (Phi) is 5.91. The molecule has 3 rings (SSSR count). The normalized spacial score (nSPS) is 12.4. The van der Waals surface area contributed by atoms with Crippen molar-refractivity contribution in [1.82, 2.24) is 15.1 Å². The molecule has 1 unspecified atom stereocenters. The number of aromatic nitrogens is 2. The Labute approximate surface area is 170 Å². The number of amides is 2. The van der Waals surface area contributed by atoms with Gasteiger partial charge < -0.3 is 11.1 Å². The first-order valence-electron chi connectivity index (χ1n) is 9.03. The molecule has 3 N–H and O–H groups in total. The van der Waals surface area contributed by atoms with Crippen LogP contribution in [0, 0.1) is 6.92 Å². The highest BCUT2D eigenvalue weighted by molar-refractivity contribution is 5.98. The SMILES string of the molecule is Cc1c(C(=O)NC(Cc2ccccc2)C(N)=O)cnn1-c1cccc(C(F)(F)F)c1. The summed E-state index contributed by atoms with van der Waals surface area (Å²) in [6.45, 7) is 1.55. The van der Waals surface area contributed by atoms with E-state index in [4.69, 9.17) is 5.73 Å². The number of alkyl halides is 3. The van der Waals surface area contributed by atoms with Crippen molar-refractivity contribution in [1.29, 1.82) is 0 Å². The van der Waals surface area contributed by atoms with E-state index in [1.54, 1.807) is 31.2 Å². The van der Waals surface area contributed by atoms with Crippen LogP contribution in [-0.2, 0) is 17.4 Å². The summed E-state index contributed by atoms with van der Waals surface area (Å²) in [4.78, 5) is 24.5. The van der Waals surface area contributed by atoms with Crippen LogP contribution in [0.25, 0.3) is 5.69 Å². The lowest BCUT2D eigenvalue weighted by molar-refractivity contribution is -0.137. The Balaban J connectivity index is 1.82. The van der Waals surface area contributed by atoms with Gasteiger partial charge in [0.15, 0.2) is 0 Å². The van der Waals surface area contributed by atoms with Gasteiger partial charge in [-0.15, -0.1) is 0 Å². The van der Waals surface area contributed by atoms with E-state index in [2.05, 4.69) is 10.4 Å². The number of hydrogen-bond acceptors (Lipinski definition) is 3. The lowest BCUT2D eigenvalue weighted by Crippen LogP contribution is -2.46. The van der Waals surface area contributed by atoms with Crippen LogP contribution in [0.2, 0.25) is 0 Å². The van der Waals surface area contributed by atoms with Gasteiger partial charge in [-0.05, 0) is 30.7 Å². The quantitative estimate of drug-likeness (QED) is 0.647. The second-order valence-corrected chi connectivity index (χ2v) is 6.72. The van der Waals surface area contributed by atoms with Crippen molar-refractivity contribution in [3.8, 4) is 5.69 Å². The van der Waals surface area contributed by atoms with E-state index in [9.17, 15) is 22.8 Å². The lowest BCUT2D eigenvalue weighted by atomic mass is 10.0. The van der Waals surface area contributed by atoms with Gasteiger partial charge in [0.1, 0.15) is 6.04 Å². The van der Waals surface area contributed by atoms with Crippen LogP contribution < -0.4 is 11.1 Å². The number of nitrogens with zero attached hydrogens (tertiary/aromatic N) is 2. The largest absolute Gasteiger partial charge is 0.416 e. The second-order valence-electron chi connectivity index (χ2n) is 6.72. The number of primary amides is 1. The zero-order valence-electron chi connectivity index (χ0n) is 16.0. The van der Waals surface area contributed by atoms with Gasteiger partial charge in [0.2, 0.25) is 5.91 Å². The van der Waals surface area contributed by atoms with Crippen molar-refractivity contribution in [2.24, 2.45) is 5.73 Å². The van der Waals surface area contributed by atoms with Crippen molar-refractivity contribution in [2.75, 3.05) is 0 Å². The predicted molar refractivity (Wildman–Crippen MR) is 104 cm³/mol. The molecule has 3 aromatic rings. The number of rotatable bonds is 6. The van der Waals surface area contributed by atoms with Crippen LogP contribution in [0.1, 0.15) is 27.2 Å². The molecule has 0 bridgehead atoms. The van der Waals surface area contributed by atoms with Crippen LogP contribution in [0.4, 0.5) is 13.2 Å². The summed E-state index contributed by atoms with van der Waals surface area (Å²) in [5.74, 6) is -1.29. The van der Waals surface area contributed by atoms with Gasteiger partial charge in [-0.3, -0.25) is 9.59 Å². The van der Waals surface area contributed by atoms with Crippen molar-refractivity contribution in [3.63, 3.8) is 0 Å². The Morgan fingerprint density at radius 3 is 2.47 bits per heavy atom. The average Bonchev–Trinajstić information content (AvgIpc) is 3.09. The van der Waals surface area contributed by atoms with E-state index >= 15 is 0 Å². The lowest BCUT2D eigenvalue weighted by Gasteiger charge is -2.15. The van der Waals surface area contributed by atoms with Crippen molar-refractivity contribution in [2.45, 2.75) is 25.6 Å². The van der Waals surface area contributed by atoms with Gasteiger partial charge in [0.05, 0.1) is 28.7 Å². The fourth-order valence-electron chi connectivity index (χ4n) is 3.02. The number of hydrogen-bond donors (Lipinski definition) is 2. The first-order chi connectivity index (χ1) is 14.2. The van der Waals surface area contributed by atoms with E-state index in [1.165, 1.54) is 23.0 Å². The first kappa shape index (κ1) is 21.1.